The number of anilines is 2. The first-order valence-electron chi connectivity index (χ1n) is 8.74. The van der Waals surface area contributed by atoms with E-state index in [9.17, 15) is 4.79 Å². The number of hydrogen-bond acceptors (Lipinski definition) is 2. The van der Waals surface area contributed by atoms with Gasteiger partial charge in [0.1, 0.15) is 0 Å². The number of likely N-dealkylation sites (tertiary alicyclic amines) is 1. The molecular formula is C18H25N3O. The van der Waals surface area contributed by atoms with Gasteiger partial charge in [0.15, 0.2) is 0 Å². The van der Waals surface area contributed by atoms with E-state index in [4.69, 9.17) is 0 Å². The monoisotopic (exact) mass is 299 g/mol. The van der Waals surface area contributed by atoms with E-state index >= 15 is 0 Å². The summed E-state index contributed by atoms with van der Waals surface area (Å²) in [5.74, 6) is 0.768. The van der Waals surface area contributed by atoms with Crippen LogP contribution in [0.3, 0.4) is 0 Å². The zero-order valence-corrected chi connectivity index (χ0v) is 13.1. The maximum absolute atomic E-state index is 12.6. The second-order valence-electron chi connectivity index (χ2n) is 6.92. The van der Waals surface area contributed by atoms with Gasteiger partial charge in [-0.25, -0.2) is 4.79 Å². The van der Waals surface area contributed by atoms with E-state index in [2.05, 4.69) is 27.2 Å². The maximum Gasteiger partial charge on any atom is 0.322 e. The molecule has 1 saturated carbocycles. The van der Waals surface area contributed by atoms with E-state index in [-0.39, 0.29) is 6.03 Å². The number of urea groups is 1. The van der Waals surface area contributed by atoms with Crippen molar-refractivity contribution in [2.24, 2.45) is 5.92 Å². The van der Waals surface area contributed by atoms with Gasteiger partial charge in [0, 0.05) is 37.1 Å². The molecule has 0 radical (unpaired) electrons. The molecule has 22 heavy (non-hydrogen) atoms. The lowest BCUT2D eigenvalue weighted by molar-refractivity contribution is 0.200. The van der Waals surface area contributed by atoms with Crippen molar-refractivity contribution in [2.45, 2.75) is 44.6 Å². The van der Waals surface area contributed by atoms with E-state index in [0.29, 0.717) is 6.04 Å². The minimum Gasteiger partial charge on any atom is -0.371 e. The van der Waals surface area contributed by atoms with Crippen molar-refractivity contribution < 1.29 is 4.79 Å². The minimum absolute atomic E-state index is 0.0907. The summed E-state index contributed by atoms with van der Waals surface area (Å²) in [7, 11) is 0. The Morgan fingerprint density at radius 2 is 1.86 bits per heavy atom. The number of nitrogens with zero attached hydrogens (tertiary/aromatic N) is 2. The Hall–Kier alpha value is -1.71. The molecule has 4 nitrogen and oxygen atoms in total. The summed E-state index contributed by atoms with van der Waals surface area (Å²) >= 11 is 0. The lowest BCUT2D eigenvalue weighted by atomic mass is 10.1. The number of amides is 2. The normalized spacial score (nSPS) is 24.8. The van der Waals surface area contributed by atoms with Crippen LogP contribution >= 0.6 is 0 Å². The average molecular weight is 299 g/mol. The van der Waals surface area contributed by atoms with Gasteiger partial charge in [-0.2, -0.15) is 0 Å². The second-order valence-corrected chi connectivity index (χ2v) is 6.92. The van der Waals surface area contributed by atoms with E-state index < -0.39 is 0 Å². The van der Waals surface area contributed by atoms with Gasteiger partial charge < -0.3 is 15.1 Å². The van der Waals surface area contributed by atoms with E-state index in [0.717, 1.165) is 37.7 Å². The van der Waals surface area contributed by atoms with Crippen molar-refractivity contribution in [3.63, 3.8) is 0 Å². The van der Waals surface area contributed by atoms with Gasteiger partial charge in [-0.1, -0.05) is 6.07 Å². The van der Waals surface area contributed by atoms with Gasteiger partial charge in [0.2, 0.25) is 0 Å². The quantitative estimate of drug-likeness (QED) is 0.924. The van der Waals surface area contributed by atoms with Crippen LogP contribution in [0.25, 0.3) is 0 Å². The van der Waals surface area contributed by atoms with Crippen LogP contribution in [0.15, 0.2) is 24.3 Å². The molecule has 118 valence electrons. The fraction of sp³-hybridized carbons (Fsp3) is 0.611. The van der Waals surface area contributed by atoms with Crippen molar-refractivity contribution in [1.29, 1.82) is 0 Å². The number of benzene rings is 1. The molecule has 1 N–H and O–H groups in total. The Labute approximate surface area is 132 Å². The number of rotatable bonds is 3. The number of carbonyl (C=O) groups is 1. The lowest BCUT2D eigenvalue weighted by Gasteiger charge is -2.25. The minimum atomic E-state index is 0.0907. The van der Waals surface area contributed by atoms with Crippen molar-refractivity contribution in [1.82, 2.24) is 4.90 Å². The molecule has 1 aliphatic carbocycles. The fourth-order valence-corrected chi connectivity index (χ4v) is 3.97. The van der Waals surface area contributed by atoms with Crippen molar-refractivity contribution in [3.8, 4) is 0 Å². The fourth-order valence-electron chi connectivity index (χ4n) is 3.97. The lowest BCUT2D eigenvalue weighted by Crippen LogP contribution is -2.39. The summed E-state index contributed by atoms with van der Waals surface area (Å²) in [6.07, 6.45) is 7.49. The molecule has 1 aromatic rings. The molecule has 3 aliphatic rings. The van der Waals surface area contributed by atoms with Crippen molar-refractivity contribution >= 4 is 17.4 Å². The van der Waals surface area contributed by atoms with Crippen LogP contribution in [-0.2, 0) is 0 Å². The van der Waals surface area contributed by atoms with Crippen LogP contribution in [0.2, 0.25) is 0 Å². The van der Waals surface area contributed by atoms with Gasteiger partial charge in [-0.3, -0.25) is 0 Å². The van der Waals surface area contributed by atoms with Crippen LogP contribution in [0.1, 0.15) is 38.5 Å². The Morgan fingerprint density at radius 1 is 1.05 bits per heavy atom. The zero-order chi connectivity index (χ0) is 14.9. The Morgan fingerprint density at radius 3 is 2.64 bits per heavy atom. The van der Waals surface area contributed by atoms with Crippen molar-refractivity contribution in [3.05, 3.63) is 24.3 Å². The Balaban J connectivity index is 1.43. The standard InChI is InChI=1S/C18H25N3O/c22-18(21-12-4-7-17(21)14-8-9-14)19-15-5-3-6-16(13-15)20-10-1-2-11-20/h3,5-6,13-14,17H,1-2,4,7-12H2,(H,19,22)/t17-/m1/s1. The summed E-state index contributed by atoms with van der Waals surface area (Å²) < 4.78 is 0. The van der Waals surface area contributed by atoms with Crippen LogP contribution in [-0.4, -0.2) is 36.6 Å². The zero-order valence-electron chi connectivity index (χ0n) is 13.1. The maximum atomic E-state index is 12.6. The molecule has 0 bridgehead atoms. The number of hydrogen-bond donors (Lipinski definition) is 1. The molecule has 0 unspecified atom stereocenters. The van der Waals surface area contributed by atoms with Gasteiger partial charge in [0.25, 0.3) is 0 Å². The third kappa shape index (κ3) is 2.79. The summed E-state index contributed by atoms with van der Waals surface area (Å²) in [4.78, 5) is 17.1. The third-order valence-electron chi connectivity index (χ3n) is 5.29. The molecule has 1 aromatic carbocycles. The molecule has 4 heteroatoms. The molecule has 0 aromatic heterocycles. The highest BCUT2D eigenvalue weighted by Gasteiger charge is 2.40. The molecule has 2 heterocycles. The highest BCUT2D eigenvalue weighted by atomic mass is 16.2. The molecule has 3 fully saturated rings. The number of nitrogens with one attached hydrogen (secondary N) is 1. The Bertz CT molecular complexity index is 549. The van der Waals surface area contributed by atoms with Crippen LogP contribution < -0.4 is 10.2 Å². The van der Waals surface area contributed by atoms with Crippen LogP contribution in [0.5, 0.6) is 0 Å². The average Bonchev–Trinajstić information content (AvgIpc) is 3.05. The molecule has 4 rings (SSSR count). The first-order valence-corrected chi connectivity index (χ1v) is 8.74. The third-order valence-corrected chi connectivity index (χ3v) is 5.29. The smallest absolute Gasteiger partial charge is 0.322 e. The van der Waals surface area contributed by atoms with Gasteiger partial charge in [-0.05, 0) is 62.6 Å². The van der Waals surface area contributed by atoms with Gasteiger partial charge in [0.05, 0.1) is 0 Å². The first kappa shape index (κ1) is 13.9. The highest BCUT2D eigenvalue weighted by Crippen LogP contribution is 2.40. The number of carbonyl (C=O) groups excluding carboxylic acids is 1. The topological polar surface area (TPSA) is 35.6 Å². The Kier molecular flexibility index (Phi) is 3.68. The molecule has 2 saturated heterocycles. The predicted octanol–water partition coefficient (Wildman–Crippen LogP) is 3.69. The van der Waals surface area contributed by atoms with E-state index in [1.807, 2.05) is 12.1 Å². The summed E-state index contributed by atoms with van der Waals surface area (Å²) in [5, 5.41) is 3.12. The highest BCUT2D eigenvalue weighted by molar-refractivity contribution is 5.90. The van der Waals surface area contributed by atoms with E-state index in [1.54, 1.807) is 0 Å². The van der Waals surface area contributed by atoms with Crippen LogP contribution in [0, 0.1) is 5.92 Å². The second kappa shape index (κ2) is 5.82. The molecule has 2 aliphatic heterocycles. The molecule has 1 atom stereocenters. The SMILES string of the molecule is O=C(Nc1cccc(N2CCCC2)c1)N1CCC[C@@H]1C1CC1. The summed E-state index contributed by atoms with van der Waals surface area (Å²) in [5.41, 5.74) is 2.16. The van der Waals surface area contributed by atoms with Gasteiger partial charge in [-0.15, -0.1) is 0 Å². The predicted molar refractivity (Wildman–Crippen MR) is 89.4 cm³/mol. The first-order chi connectivity index (χ1) is 10.8. The van der Waals surface area contributed by atoms with Crippen LogP contribution in [0.4, 0.5) is 16.2 Å². The van der Waals surface area contributed by atoms with E-state index in [1.165, 1.54) is 37.8 Å². The summed E-state index contributed by atoms with van der Waals surface area (Å²) in [6, 6.07) is 8.88. The molecular weight excluding hydrogens is 274 g/mol. The van der Waals surface area contributed by atoms with Gasteiger partial charge >= 0.3 is 6.03 Å². The van der Waals surface area contributed by atoms with Crippen molar-refractivity contribution in [2.75, 3.05) is 29.9 Å². The molecule has 2 amide bonds. The summed E-state index contributed by atoms with van der Waals surface area (Å²) in [6.45, 7) is 3.18. The largest absolute Gasteiger partial charge is 0.371 e. The molecule has 0 spiro atoms.